The van der Waals surface area contributed by atoms with Gasteiger partial charge in [-0.15, -0.1) is 0 Å². The number of carbonyl (C=O) groups excluding carboxylic acids is 2. The third-order valence-corrected chi connectivity index (χ3v) is 13.4. The van der Waals surface area contributed by atoms with Gasteiger partial charge in [-0.2, -0.15) is 0 Å². The molecule has 7 N–H and O–H groups in total. The maximum absolute atomic E-state index is 14.7. The number of nitrogens with zero attached hydrogens (tertiary/aromatic N) is 2. The maximum atomic E-state index is 14.7. The van der Waals surface area contributed by atoms with Gasteiger partial charge < -0.3 is 69.6 Å². The van der Waals surface area contributed by atoms with Crippen LogP contribution in [-0.4, -0.2) is 181 Å². The summed E-state index contributed by atoms with van der Waals surface area (Å²) in [6, 6.07) is -0.629. The zero-order valence-corrected chi connectivity index (χ0v) is 40.4. The van der Waals surface area contributed by atoms with Crippen molar-refractivity contribution in [1.29, 1.82) is 0 Å². The number of ether oxygens (including phenoxy) is 8. The summed E-state index contributed by atoms with van der Waals surface area (Å²) in [6.45, 7) is 21.2. The Morgan fingerprint density at radius 1 is 0.935 bits per heavy atom. The van der Waals surface area contributed by atoms with Gasteiger partial charge in [0.25, 0.3) is 0 Å². The van der Waals surface area contributed by atoms with Crippen LogP contribution in [0.4, 0.5) is 0 Å². The monoisotopic (exact) mass is 891 g/mol. The van der Waals surface area contributed by atoms with E-state index in [1.54, 1.807) is 34.6 Å². The Bertz CT molecular complexity index is 1380. The molecule has 0 unspecified atom stereocenters. The van der Waals surface area contributed by atoms with Gasteiger partial charge in [0.2, 0.25) is 0 Å². The van der Waals surface area contributed by atoms with Crippen LogP contribution >= 0.6 is 0 Å². The number of aliphatic hydroxyl groups excluding tert-OH is 1. The van der Waals surface area contributed by atoms with E-state index in [1.165, 1.54) is 13.8 Å². The zero-order valence-electron chi connectivity index (χ0n) is 40.4. The molecule has 0 aromatic rings. The normalized spacial score (nSPS) is 43.4. The predicted molar refractivity (Wildman–Crippen MR) is 234 cm³/mol. The highest BCUT2D eigenvalue weighted by atomic mass is 16.7. The van der Waals surface area contributed by atoms with Crippen LogP contribution in [0.5, 0.6) is 0 Å². The fourth-order valence-corrected chi connectivity index (χ4v) is 9.91. The van der Waals surface area contributed by atoms with Crippen LogP contribution in [0.15, 0.2) is 0 Å². The number of carbonyl (C=O) groups is 2. The second-order valence-electron chi connectivity index (χ2n) is 19.5. The van der Waals surface area contributed by atoms with Crippen molar-refractivity contribution in [2.45, 2.75) is 205 Å². The number of hydrogen-bond acceptors (Lipinski definition) is 17. The van der Waals surface area contributed by atoms with Crippen LogP contribution in [-0.2, 0) is 47.5 Å². The van der Waals surface area contributed by atoms with Crippen LogP contribution in [0.1, 0.15) is 115 Å². The van der Waals surface area contributed by atoms with E-state index in [9.17, 15) is 24.9 Å². The van der Waals surface area contributed by atoms with Crippen molar-refractivity contribution in [2.24, 2.45) is 29.2 Å². The van der Waals surface area contributed by atoms with Gasteiger partial charge in [-0.1, -0.05) is 20.8 Å². The van der Waals surface area contributed by atoms with Crippen molar-refractivity contribution >= 4 is 11.9 Å². The molecule has 0 saturated carbocycles. The Morgan fingerprint density at radius 3 is 2.15 bits per heavy atom. The molecular formula is C45H86N4O13. The van der Waals surface area contributed by atoms with Crippen LogP contribution < -0.4 is 11.5 Å². The van der Waals surface area contributed by atoms with Crippen LogP contribution in [0.3, 0.4) is 0 Å². The second kappa shape index (κ2) is 23.7. The molecule has 0 spiro atoms. The quantitative estimate of drug-likeness (QED) is 0.118. The first kappa shape index (κ1) is 54.8. The Morgan fingerprint density at radius 2 is 1.56 bits per heavy atom. The molecule has 3 fully saturated rings. The van der Waals surface area contributed by atoms with Gasteiger partial charge in [0, 0.05) is 51.1 Å². The summed E-state index contributed by atoms with van der Waals surface area (Å²) >= 11 is 0. The van der Waals surface area contributed by atoms with Crippen LogP contribution in [0.25, 0.3) is 0 Å². The molecule has 0 aliphatic carbocycles. The summed E-state index contributed by atoms with van der Waals surface area (Å²) in [5.74, 6) is -3.25. The van der Waals surface area contributed by atoms with Crippen molar-refractivity contribution in [3.63, 3.8) is 0 Å². The first-order valence-corrected chi connectivity index (χ1v) is 23.0. The van der Waals surface area contributed by atoms with Gasteiger partial charge in [-0.3, -0.25) is 14.5 Å². The molecule has 62 heavy (non-hydrogen) atoms. The smallest absolute Gasteiger partial charge is 0.311 e. The van der Waals surface area contributed by atoms with E-state index in [-0.39, 0.29) is 37.3 Å². The summed E-state index contributed by atoms with van der Waals surface area (Å²) in [6.07, 6.45) is -6.23. The summed E-state index contributed by atoms with van der Waals surface area (Å²) < 4.78 is 51.7. The number of likely N-dealkylation sites (N-methyl/N-ethyl adjacent to an activating group) is 2. The number of aliphatic hydroxyl groups is 3. The number of esters is 2. The molecule has 17 nitrogen and oxygen atoms in total. The van der Waals surface area contributed by atoms with Gasteiger partial charge in [0.15, 0.2) is 12.6 Å². The maximum Gasteiger partial charge on any atom is 0.311 e. The molecule has 3 heterocycles. The Balaban J connectivity index is 2.25. The molecule has 17 heteroatoms. The average Bonchev–Trinajstić information content (AvgIpc) is 3.18. The van der Waals surface area contributed by atoms with Crippen molar-refractivity contribution < 1.29 is 62.8 Å². The predicted octanol–water partition coefficient (Wildman–Crippen LogP) is 2.56. The Labute approximate surface area is 372 Å². The van der Waals surface area contributed by atoms with Crippen molar-refractivity contribution in [3.05, 3.63) is 0 Å². The van der Waals surface area contributed by atoms with Gasteiger partial charge in [-0.05, 0) is 121 Å². The minimum Gasteiger partial charge on any atom is -0.459 e. The molecule has 18 atom stereocenters. The lowest BCUT2D eigenvalue weighted by atomic mass is 9.77. The molecule has 364 valence electrons. The molecule has 0 bridgehead atoms. The minimum absolute atomic E-state index is 0.0940. The average molecular weight is 891 g/mol. The highest BCUT2D eigenvalue weighted by molar-refractivity contribution is 5.73. The molecule has 0 aromatic heterocycles. The summed E-state index contributed by atoms with van der Waals surface area (Å²) in [5, 5.41) is 36.5. The fourth-order valence-electron chi connectivity index (χ4n) is 9.91. The molecule has 3 aliphatic rings. The van der Waals surface area contributed by atoms with E-state index in [0.29, 0.717) is 52.1 Å². The molecule has 3 saturated heterocycles. The lowest BCUT2D eigenvalue weighted by Crippen LogP contribution is -2.61. The van der Waals surface area contributed by atoms with Gasteiger partial charge in [0.05, 0.1) is 41.5 Å². The highest BCUT2D eigenvalue weighted by Gasteiger charge is 2.53. The lowest BCUT2D eigenvalue weighted by Gasteiger charge is -2.49. The number of cyclic esters (lactones) is 1. The molecule has 3 rings (SSSR count). The van der Waals surface area contributed by atoms with E-state index in [0.717, 1.165) is 0 Å². The summed E-state index contributed by atoms with van der Waals surface area (Å²) in [5.41, 5.74) is 7.17. The van der Waals surface area contributed by atoms with E-state index in [4.69, 9.17) is 49.4 Å². The van der Waals surface area contributed by atoms with Crippen LogP contribution in [0, 0.1) is 17.8 Å². The Kier molecular flexibility index (Phi) is 21.0. The van der Waals surface area contributed by atoms with E-state index in [1.807, 2.05) is 53.7 Å². The zero-order chi connectivity index (χ0) is 46.9. The first-order chi connectivity index (χ1) is 28.8. The molecular weight excluding hydrogens is 805 g/mol. The largest absolute Gasteiger partial charge is 0.459 e. The molecule has 3 aliphatic heterocycles. The number of hydrogen-bond donors (Lipinski definition) is 5. The van der Waals surface area contributed by atoms with Crippen molar-refractivity contribution in [2.75, 3.05) is 54.0 Å². The van der Waals surface area contributed by atoms with E-state index in [2.05, 4.69) is 4.90 Å². The lowest BCUT2D eigenvalue weighted by molar-refractivity contribution is -0.322. The second-order valence-corrected chi connectivity index (χ2v) is 19.5. The van der Waals surface area contributed by atoms with Gasteiger partial charge >= 0.3 is 11.9 Å². The molecule has 0 aromatic carbocycles. The minimum atomic E-state index is -1.82. The Hall–Kier alpha value is -1.58. The SMILES string of the molecule is CC[C@H]1OC(=O)[C@H](C)[C@@H](O[C@H]2C[C@@](C)(OCCCN)[C@@H](O)[C@H](C)O2)[C@H](C)[C@@H](O[C@@H]2O[C@H](C)C[C@H](N(C)C)[C@H]2OCCCN)[C@](C)(O)C[C@@H](C)CN(C)[C@H](C)[C@@H](OC(C)=O)[C@]1(C)O. The third-order valence-electron chi connectivity index (χ3n) is 13.4. The van der Waals surface area contributed by atoms with Crippen molar-refractivity contribution in [3.8, 4) is 0 Å². The van der Waals surface area contributed by atoms with Crippen LogP contribution in [0.2, 0.25) is 0 Å². The van der Waals surface area contributed by atoms with Gasteiger partial charge in [0.1, 0.15) is 30.0 Å². The molecule has 0 radical (unpaired) electrons. The first-order valence-electron chi connectivity index (χ1n) is 23.0. The standard InChI is InChI=1S/C45H86N4O13/c1-15-34-45(11,54)40(59-32(8)50)30(6)49(14)25-26(2)23-43(9,53)39(62-42-37(55-20-16-18-46)33(48(12)13)22-27(3)57-42)28(4)36(29(5)41(52)60-34)61-35-24-44(10,56-21-17-19-47)38(51)31(7)58-35/h26-31,33-40,42,51,53-54H,15-25,46-47H2,1-14H3/t26-,27-,28+,29-,30-,31+,33+,34-,35+,36+,37-,38+,39-,40-,42+,43-,44-,45-/m1/s1. The topological polar surface area (TPSA) is 227 Å². The fraction of sp³-hybridized carbons (Fsp3) is 0.956. The van der Waals surface area contributed by atoms with Crippen molar-refractivity contribution in [1.82, 2.24) is 9.80 Å². The summed E-state index contributed by atoms with van der Waals surface area (Å²) in [7, 11) is 5.84. The highest BCUT2D eigenvalue weighted by Crippen LogP contribution is 2.41. The number of rotatable bonds is 15. The summed E-state index contributed by atoms with van der Waals surface area (Å²) in [4.78, 5) is 31.3. The van der Waals surface area contributed by atoms with E-state index < -0.39 is 102 Å². The van der Waals surface area contributed by atoms with Gasteiger partial charge in [-0.25, -0.2) is 0 Å². The van der Waals surface area contributed by atoms with E-state index >= 15 is 0 Å². The molecule has 0 amide bonds. The third kappa shape index (κ3) is 14.0. The number of nitrogens with two attached hydrogens (primary N) is 2.